The Kier molecular flexibility index (Phi) is 5.41. The Morgan fingerprint density at radius 2 is 1.81 bits per heavy atom. The highest BCUT2D eigenvalue weighted by Gasteiger charge is 2.36. The zero-order valence-electron chi connectivity index (χ0n) is 16.7. The molecular weight excluding hydrogens is 473 g/mol. The number of nitrogens with zero attached hydrogens (tertiary/aromatic N) is 1. The van der Waals surface area contributed by atoms with Crippen molar-refractivity contribution in [3.05, 3.63) is 74.3 Å². The molecule has 162 valence electrons. The summed E-state index contributed by atoms with van der Waals surface area (Å²) in [6.45, 7) is 2.06. The molecule has 2 aromatic carbocycles. The maximum absolute atomic E-state index is 12.9. The molecule has 0 radical (unpaired) electrons. The van der Waals surface area contributed by atoms with E-state index in [0.29, 0.717) is 38.6 Å². The number of carbonyl (C=O) groups excluding carboxylic acids is 2. The second-order valence-electron chi connectivity index (χ2n) is 7.23. The van der Waals surface area contributed by atoms with Crippen LogP contribution >= 0.6 is 35.0 Å². The molecule has 3 aromatic rings. The molecule has 2 amide bonds. The molecule has 2 aliphatic rings. The van der Waals surface area contributed by atoms with Crippen molar-refractivity contribution in [2.45, 2.75) is 13.5 Å². The van der Waals surface area contributed by atoms with Gasteiger partial charge in [0.25, 0.3) is 11.1 Å². The van der Waals surface area contributed by atoms with Crippen molar-refractivity contribution >= 4 is 52.2 Å². The summed E-state index contributed by atoms with van der Waals surface area (Å²) in [5.41, 5.74) is 2.39. The normalized spacial score (nSPS) is 16.5. The lowest BCUT2D eigenvalue weighted by Crippen LogP contribution is -2.27. The van der Waals surface area contributed by atoms with Crippen LogP contribution in [0.2, 0.25) is 10.0 Å². The number of halogens is 2. The molecule has 6 nitrogen and oxygen atoms in total. The fraction of sp³-hybridized carbons (Fsp3) is 0.130. The lowest BCUT2D eigenvalue weighted by Gasteiger charge is -2.14. The van der Waals surface area contributed by atoms with Gasteiger partial charge in [0.05, 0.1) is 11.4 Å². The third kappa shape index (κ3) is 3.88. The minimum absolute atomic E-state index is 0.0305. The summed E-state index contributed by atoms with van der Waals surface area (Å²) < 4.78 is 16.5. The molecule has 5 rings (SSSR count). The van der Waals surface area contributed by atoms with E-state index in [1.54, 1.807) is 30.3 Å². The molecule has 3 heterocycles. The van der Waals surface area contributed by atoms with E-state index in [1.165, 1.54) is 0 Å². The van der Waals surface area contributed by atoms with Gasteiger partial charge in [0.1, 0.15) is 11.5 Å². The summed E-state index contributed by atoms with van der Waals surface area (Å²) in [6, 6.07) is 12.5. The first-order valence-corrected chi connectivity index (χ1v) is 11.2. The average Bonchev–Trinajstić information content (AvgIpc) is 3.47. The van der Waals surface area contributed by atoms with Gasteiger partial charge in [-0.25, -0.2) is 0 Å². The van der Waals surface area contributed by atoms with Crippen molar-refractivity contribution in [2.24, 2.45) is 0 Å². The summed E-state index contributed by atoms with van der Waals surface area (Å²) in [5.74, 6) is 1.74. The van der Waals surface area contributed by atoms with Gasteiger partial charge in [-0.3, -0.25) is 14.5 Å². The van der Waals surface area contributed by atoms with Crippen LogP contribution in [-0.4, -0.2) is 22.8 Å². The van der Waals surface area contributed by atoms with Gasteiger partial charge in [-0.15, -0.1) is 0 Å². The minimum Gasteiger partial charge on any atom is -0.457 e. The fourth-order valence-electron chi connectivity index (χ4n) is 3.35. The Labute approximate surface area is 197 Å². The first-order chi connectivity index (χ1) is 15.4. The number of carbonyl (C=O) groups is 2. The van der Waals surface area contributed by atoms with Crippen LogP contribution in [0.3, 0.4) is 0 Å². The Morgan fingerprint density at radius 1 is 1.03 bits per heavy atom. The largest absolute Gasteiger partial charge is 0.457 e. The van der Waals surface area contributed by atoms with Gasteiger partial charge in [0.2, 0.25) is 6.79 Å². The van der Waals surface area contributed by atoms with Crippen LogP contribution < -0.4 is 9.47 Å². The van der Waals surface area contributed by atoms with Crippen LogP contribution in [0.1, 0.15) is 16.9 Å². The highest BCUT2D eigenvalue weighted by Crippen LogP contribution is 2.39. The first kappa shape index (κ1) is 21.0. The zero-order chi connectivity index (χ0) is 22.4. The molecule has 9 heteroatoms. The van der Waals surface area contributed by atoms with Gasteiger partial charge in [-0.05, 0) is 54.1 Å². The van der Waals surface area contributed by atoms with Crippen LogP contribution in [0, 0.1) is 6.92 Å². The Morgan fingerprint density at radius 3 is 2.59 bits per heavy atom. The topological polar surface area (TPSA) is 69.0 Å². The minimum atomic E-state index is -0.412. The number of rotatable bonds is 4. The summed E-state index contributed by atoms with van der Waals surface area (Å²) >= 11 is 13.4. The monoisotopic (exact) mass is 487 g/mol. The Balaban J connectivity index is 1.36. The second kappa shape index (κ2) is 8.24. The van der Waals surface area contributed by atoms with Gasteiger partial charge in [-0.2, -0.15) is 0 Å². The van der Waals surface area contributed by atoms with Crippen LogP contribution in [0.15, 0.2) is 51.8 Å². The lowest BCUT2D eigenvalue weighted by molar-refractivity contribution is -0.123. The number of aryl methyl sites for hydroxylation is 1. The van der Waals surface area contributed by atoms with E-state index in [9.17, 15) is 9.59 Å². The molecule has 0 bridgehead atoms. The molecule has 1 fully saturated rings. The van der Waals surface area contributed by atoms with Gasteiger partial charge in [0, 0.05) is 27.8 Å². The zero-order valence-corrected chi connectivity index (χ0v) is 19.0. The van der Waals surface area contributed by atoms with E-state index in [0.717, 1.165) is 27.8 Å². The smallest absolute Gasteiger partial charge is 0.293 e. The van der Waals surface area contributed by atoms with Crippen LogP contribution in [0.4, 0.5) is 4.79 Å². The van der Waals surface area contributed by atoms with Crippen molar-refractivity contribution < 1.29 is 23.5 Å². The number of thioether (sulfide) groups is 1. The number of furan rings is 1. The van der Waals surface area contributed by atoms with Gasteiger partial charge >= 0.3 is 0 Å². The maximum atomic E-state index is 12.9. The number of benzene rings is 2. The summed E-state index contributed by atoms with van der Waals surface area (Å²) in [7, 11) is 0. The van der Waals surface area contributed by atoms with E-state index in [4.69, 9.17) is 37.1 Å². The molecule has 32 heavy (non-hydrogen) atoms. The SMILES string of the molecule is Cc1ccc(-c2ccc(/C=C3/SC(=O)N(Cc4cc5c(cc4Cl)OCO5)C3=O)o2)cc1Cl. The predicted octanol–water partition coefficient (Wildman–Crippen LogP) is 6.53. The molecular formula is C23H15Cl2NO5S. The van der Waals surface area contributed by atoms with E-state index in [1.807, 2.05) is 25.1 Å². The molecule has 1 saturated heterocycles. The summed E-state index contributed by atoms with van der Waals surface area (Å²) in [6.07, 6.45) is 1.56. The Bertz CT molecular complexity index is 1300. The van der Waals surface area contributed by atoms with Gasteiger partial charge in [-0.1, -0.05) is 35.3 Å². The van der Waals surface area contributed by atoms with Crippen molar-refractivity contribution in [1.29, 1.82) is 0 Å². The van der Waals surface area contributed by atoms with E-state index < -0.39 is 5.91 Å². The van der Waals surface area contributed by atoms with E-state index >= 15 is 0 Å². The number of imide groups is 1. The first-order valence-electron chi connectivity index (χ1n) is 9.59. The number of hydrogen-bond donors (Lipinski definition) is 0. The second-order valence-corrected chi connectivity index (χ2v) is 9.04. The molecule has 0 atom stereocenters. The van der Waals surface area contributed by atoms with Crippen LogP contribution in [-0.2, 0) is 11.3 Å². The molecule has 0 N–H and O–H groups in total. The summed E-state index contributed by atoms with van der Waals surface area (Å²) in [5, 5.41) is 0.653. The van der Waals surface area contributed by atoms with Gasteiger partial charge in [0.15, 0.2) is 11.5 Å². The van der Waals surface area contributed by atoms with Crippen molar-refractivity contribution in [2.75, 3.05) is 6.79 Å². The maximum Gasteiger partial charge on any atom is 0.293 e. The molecule has 0 saturated carbocycles. The number of amides is 2. The predicted molar refractivity (Wildman–Crippen MR) is 123 cm³/mol. The van der Waals surface area contributed by atoms with E-state index in [-0.39, 0.29) is 23.5 Å². The molecule has 0 aliphatic carbocycles. The highest BCUT2D eigenvalue weighted by atomic mass is 35.5. The van der Waals surface area contributed by atoms with Crippen molar-refractivity contribution in [1.82, 2.24) is 4.90 Å². The fourth-order valence-corrected chi connectivity index (χ4v) is 4.56. The van der Waals surface area contributed by atoms with Gasteiger partial charge < -0.3 is 13.9 Å². The quantitative estimate of drug-likeness (QED) is 0.389. The lowest BCUT2D eigenvalue weighted by atomic mass is 10.1. The third-order valence-corrected chi connectivity index (χ3v) is 6.77. The Hall–Kier alpha value is -2.87. The third-order valence-electron chi connectivity index (χ3n) is 5.10. The van der Waals surface area contributed by atoms with Crippen molar-refractivity contribution in [3.63, 3.8) is 0 Å². The molecule has 0 spiro atoms. The van der Waals surface area contributed by atoms with Crippen LogP contribution in [0.25, 0.3) is 17.4 Å². The molecule has 1 aromatic heterocycles. The highest BCUT2D eigenvalue weighted by molar-refractivity contribution is 8.18. The van der Waals surface area contributed by atoms with Crippen LogP contribution in [0.5, 0.6) is 11.5 Å². The van der Waals surface area contributed by atoms with E-state index in [2.05, 4.69) is 0 Å². The number of hydrogen-bond acceptors (Lipinski definition) is 6. The average molecular weight is 488 g/mol. The number of fused-ring (bicyclic) bond motifs is 1. The number of ether oxygens (including phenoxy) is 2. The summed E-state index contributed by atoms with van der Waals surface area (Å²) in [4.78, 5) is 26.8. The molecule has 0 unspecified atom stereocenters. The van der Waals surface area contributed by atoms with Crippen molar-refractivity contribution in [3.8, 4) is 22.8 Å². The standard InChI is InChI=1S/C23H15Cl2NO5S/c1-12-2-3-13(6-16(12)24)18-5-4-15(31-18)8-21-22(27)26(23(28)32-21)10-14-7-19-20(9-17(14)25)30-11-29-19/h2-9H,10-11H2,1H3/b21-8+. The molecule has 2 aliphatic heterocycles.